The van der Waals surface area contributed by atoms with Crippen molar-refractivity contribution in [2.45, 2.75) is 6.54 Å². The third kappa shape index (κ3) is 3.54. The standard InChI is InChI=1S/C14H9Cl3N2/c15-11-3-4-13(17)10(5-11)8-19-14-6-12(16)2-1-9(14)7-18/h1-6,19H,8H2. The molecule has 0 radical (unpaired) electrons. The summed E-state index contributed by atoms with van der Waals surface area (Å²) < 4.78 is 0. The van der Waals surface area contributed by atoms with Crippen molar-refractivity contribution in [3.05, 3.63) is 62.6 Å². The highest BCUT2D eigenvalue weighted by Crippen LogP contribution is 2.24. The molecule has 0 heterocycles. The lowest BCUT2D eigenvalue weighted by Gasteiger charge is -2.10. The predicted octanol–water partition coefficient (Wildman–Crippen LogP) is 5.13. The largest absolute Gasteiger partial charge is 0.380 e. The first-order chi connectivity index (χ1) is 9.10. The van der Waals surface area contributed by atoms with Gasteiger partial charge in [0.15, 0.2) is 0 Å². The number of halogens is 3. The minimum atomic E-state index is 0.467. The number of nitriles is 1. The Kier molecular flexibility index (Phi) is 4.55. The lowest BCUT2D eigenvalue weighted by atomic mass is 10.1. The van der Waals surface area contributed by atoms with E-state index >= 15 is 0 Å². The molecular formula is C14H9Cl3N2. The van der Waals surface area contributed by atoms with E-state index in [1.165, 1.54) is 0 Å². The zero-order chi connectivity index (χ0) is 13.8. The molecule has 2 nitrogen and oxygen atoms in total. The van der Waals surface area contributed by atoms with E-state index in [9.17, 15) is 0 Å². The van der Waals surface area contributed by atoms with E-state index in [-0.39, 0.29) is 0 Å². The van der Waals surface area contributed by atoms with Gasteiger partial charge in [0.05, 0.1) is 11.3 Å². The highest BCUT2D eigenvalue weighted by Gasteiger charge is 2.05. The molecule has 19 heavy (non-hydrogen) atoms. The Labute approximate surface area is 126 Å². The van der Waals surface area contributed by atoms with Crippen LogP contribution >= 0.6 is 34.8 Å². The number of anilines is 1. The van der Waals surface area contributed by atoms with Gasteiger partial charge in [0.1, 0.15) is 6.07 Å². The molecule has 0 aliphatic rings. The van der Waals surface area contributed by atoms with E-state index in [1.54, 1.807) is 36.4 Å². The van der Waals surface area contributed by atoms with Crippen molar-refractivity contribution in [3.63, 3.8) is 0 Å². The molecule has 0 saturated carbocycles. The van der Waals surface area contributed by atoms with Gasteiger partial charge < -0.3 is 5.32 Å². The molecule has 0 bridgehead atoms. The molecular weight excluding hydrogens is 303 g/mol. The fraction of sp³-hybridized carbons (Fsp3) is 0.0714. The summed E-state index contributed by atoms with van der Waals surface area (Å²) in [5, 5.41) is 14.0. The summed E-state index contributed by atoms with van der Waals surface area (Å²) in [4.78, 5) is 0. The maximum absolute atomic E-state index is 9.02. The number of nitrogens with one attached hydrogen (secondary N) is 1. The molecule has 0 aliphatic heterocycles. The van der Waals surface area contributed by atoms with Crippen LogP contribution in [0.3, 0.4) is 0 Å². The van der Waals surface area contributed by atoms with Crippen LogP contribution in [-0.2, 0) is 6.54 Å². The van der Waals surface area contributed by atoms with Gasteiger partial charge in [-0.1, -0.05) is 34.8 Å². The molecule has 0 unspecified atom stereocenters. The lowest BCUT2D eigenvalue weighted by Crippen LogP contribution is -2.02. The van der Waals surface area contributed by atoms with Crippen LogP contribution in [-0.4, -0.2) is 0 Å². The van der Waals surface area contributed by atoms with Crippen molar-refractivity contribution in [2.24, 2.45) is 0 Å². The summed E-state index contributed by atoms with van der Waals surface area (Å²) in [6, 6.07) is 12.4. The van der Waals surface area contributed by atoms with E-state index in [2.05, 4.69) is 11.4 Å². The first kappa shape index (κ1) is 14.0. The Morgan fingerprint density at radius 3 is 2.42 bits per heavy atom. The summed E-state index contributed by atoms with van der Waals surface area (Å²) in [5.74, 6) is 0. The Balaban J connectivity index is 2.21. The molecule has 5 heteroatoms. The first-order valence-electron chi connectivity index (χ1n) is 5.47. The van der Waals surface area contributed by atoms with Gasteiger partial charge in [-0.05, 0) is 42.0 Å². The second-order valence-electron chi connectivity index (χ2n) is 3.89. The van der Waals surface area contributed by atoms with Crippen molar-refractivity contribution in [3.8, 4) is 6.07 Å². The van der Waals surface area contributed by atoms with E-state index in [0.717, 1.165) is 5.56 Å². The summed E-state index contributed by atoms with van der Waals surface area (Å²) in [5.41, 5.74) is 2.06. The number of hydrogen-bond acceptors (Lipinski definition) is 2. The SMILES string of the molecule is N#Cc1ccc(Cl)cc1NCc1cc(Cl)ccc1Cl. The minimum absolute atomic E-state index is 0.467. The van der Waals surface area contributed by atoms with Gasteiger partial charge in [0.25, 0.3) is 0 Å². The maximum Gasteiger partial charge on any atom is 0.101 e. The lowest BCUT2D eigenvalue weighted by molar-refractivity contribution is 1.15. The Morgan fingerprint density at radius 1 is 1.00 bits per heavy atom. The molecule has 0 aromatic heterocycles. The van der Waals surface area contributed by atoms with Gasteiger partial charge in [-0.25, -0.2) is 0 Å². The Bertz CT molecular complexity index is 648. The Hall–Kier alpha value is -1.40. The van der Waals surface area contributed by atoms with E-state index in [1.807, 2.05) is 0 Å². The van der Waals surface area contributed by atoms with Crippen LogP contribution in [0.2, 0.25) is 15.1 Å². The summed E-state index contributed by atoms with van der Waals surface area (Å²) in [6.07, 6.45) is 0. The molecule has 0 aliphatic carbocycles. The second-order valence-corrected chi connectivity index (χ2v) is 5.17. The minimum Gasteiger partial charge on any atom is -0.380 e. The fourth-order valence-electron chi connectivity index (χ4n) is 1.63. The third-order valence-corrected chi connectivity index (χ3v) is 3.42. The van der Waals surface area contributed by atoms with Gasteiger partial charge in [0, 0.05) is 21.6 Å². The number of benzene rings is 2. The quantitative estimate of drug-likeness (QED) is 0.853. The van der Waals surface area contributed by atoms with Crippen molar-refractivity contribution in [2.75, 3.05) is 5.32 Å². The second kappa shape index (κ2) is 6.16. The molecule has 1 N–H and O–H groups in total. The van der Waals surface area contributed by atoms with Gasteiger partial charge in [0.2, 0.25) is 0 Å². The topological polar surface area (TPSA) is 35.8 Å². The number of hydrogen-bond donors (Lipinski definition) is 1. The number of rotatable bonds is 3. The van der Waals surface area contributed by atoms with Crippen molar-refractivity contribution >= 4 is 40.5 Å². The monoisotopic (exact) mass is 310 g/mol. The molecule has 96 valence electrons. The van der Waals surface area contributed by atoms with Crippen molar-refractivity contribution < 1.29 is 0 Å². The summed E-state index contributed by atoms with van der Waals surface area (Å²) in [7, 11) is 0. The molecule has 2 aromatic rings. The van der Waals surface area contributed by atoms with Gasteiger partial charge in [-0.15, -0.1) is 0 Å². The zero-order valence-corrected chi connectivity index (χ0v) is 12.0. The summed E-state index contributed by atoms with van der Waals surface area (Å²) >= 11 is 17.9. The molecule has 0 spiro atoms. The molecule has 0 saturated heterocycles. The maximum atomic E-state index is 9.02. The predicted molar refractivity (Wildman–Crippen MR) is 80.0 cm³/mol. The first-order valence-corrected chi connectivity index (χ1v) is 6.61. The zero-order valence-electron chi connectivity index (χ0n) is 9.75. The Morgan fingerprint density at radius 2 is 1.68 bits per heavy atom. The van der Waals surface area contributed by atoms with Crippen LogP contribution in [0.25, 0.3) is 0 Å². The molecule has 0 fully saturated rings. The van der Waals surface area contributed by atoms with Crippen LogP contribution in [0.4, 0.5) is 5.69 Å². The smallest absolute Gasteiger partial charge is 0.101 e. The van der Waals surface area contributed by atoms with Crippen molar-refractivity contribution in [1.82, 2.24) is 0 Å². The van der Waals surface area contributed by atoms with Crippen LogP contribution in [0.5, 0.6) is 0 Å². The van der Waals surface area contributed by atoms with Crippen LogP contribution in [0.15, 0.2) is 36.4 Å². The van der Waals surface area contributed by atoms with Gasteiger partial charge in [-0.2, -0.15) is 5.26 Å². The molecule has 2 aromatic carbocycles. The molecule has 0 atom stereocenters. The normalized spacial score (nSPS) is 10.0. The number of nitrogens with zero attached hydrogens (tertiary/aromatic N) is 1. The average Bonchev–Trinajstić information content (AvgIpc) is 2.40. The van der Waals surface area contributed by atoms with E-state index in [0.29, 0.717) is 32.9 Å². The molecule has 2 rings (SSSR count). The van der Waals surface area contributed by atoms with E-state index in [4.69, 9.17) is 40.1 Å². The molecule has 0 amide bonds. The third-order valence-electron chi connectivity index (χ3n) is 2.58. The van der Waals surface area contributed by atoms with E-state index < -0.39 is 0 Å². The van der Waals surface area contributed by atoms with Gasteiger partial charge in [-0.3, -0.25) is 0 Å². The van der Waals surface area contributed by atoms with Gasteiger partial charge >= 0.3 is 0 Å². The van der Waals surface area contributed by atoms with Crippen LogP contribution in [0.1, 0.15) is 11.1 Å². The highest BCUT2D eigenvalue weighted by molar-refractivity contribution is 6.33. The van der Waals surface area contributed by atoms with Crippen LogP contribution in [0, 0.1) is 11.3 Å². The fourth-order valence-corrected chi connectivity index (χ4v) is 2.18. The van der Waals surface area contributed by atoms with Crippen molar-refractivity contribution in [1.29, 1.82) is 5.26 Å². The summed E-state index contributed by atoms with van der Waals surface area (Å²) in [6.45, 7) is 0.467. The average molecular weight is 312 g/mol. The van der Waals surface area contributed by atoms with Crippen LogP contribution < -0.4 is 5.32 Å². The highest BCUT2D eigenvalue weighted by atomic mass is 35.5.